The lowest BCUT2D eigenvalue weighted by molar-refractivity contribution is -0.148. The molecule has 130 valence electrons. The third kappa shape index (κ3) is 4.80. The van der Waals surface area contributed by atoms with Crippen LogP contribution in [-0.2, 0) is 16.1 Å². The molecule has 2 heterocycles. The predicted octanol–water partition coefficient (Wildman–Crippen LogP) is 3.32. The number of rotatable bonds is 8. The Bertz CT molecular complexity index is 799. The molecular weight excluding hydrogens is 344 g/mol. The number of nitrogens with zero attached hydrogens (tertiary/aromatic N) is 2. The standard InChI is InChI=1S/C17H16N2O5S/c1-2-21-13-3-5-14(6-4-13)22-10-16(20)23-9-15-18-17(19-24-15)12-7-8-25-11-12/h3-8,11H,2,9-10H2,1H3. The summed E-state index contributed by atoms with van der Waals surface area (Å²) in [6.07, 6.45) is 0. The van der Waals surface area contributed by atoms with Crippen molar-refractivity contribution in [2.24, 2.45) is 0 Å². The Morgan fingerprint density at radius 2 is 1.92 bits per heavy atom. The van der Waals surface area contributed by atoms with Crippen LogP contribution in [0.25, 0.3) is 11.4 Å². The Morgan fingerprint density at radius 1 is 1.16 bits per heavy atom. The van der Waals surface area contributed by atoms with E-state index in [2.05, 4.69) is 10.1 Å². The van der Waals surface area contributed by atoms with Crippen molar-refractivity contribution >= 4 is 17.3 Å². The molecule has 0 aliphatic heterocycles. The van der Waals surface area contributed by atoms with Crippen molar-refractivity contribution in [2.45, 2.75) is 13.5 Å². The Balaban J connectivity index is 1.43. The van der Waals surface area contributed by atoms with Crippen LogP contribution in [0.2, 0.25) is 0 Å². The number of carbonyl (C=O) groups is 1. The first-order chi connectivity index (χ1) is 12.2. The summed E-state index contributed by atoms with van der Waals surface area (Å²) in [6.45, 7) is 2.20. The summed E-state index contributed by atoms with van der Waals surface area (Å²) in [4.78, 5) is 15.9. The van der Waals surface area contributed by atoms with Crippen LogP contribution >= 0.6 is 11.3 Å². The average Bonchev–Trinajstić information content (AvgIpc) is 3.31. The Kier molecular flexibility index (Phi) is 5.63. The maximum absolute atomic E-state index is 11.7. The molecule has 0 saturated heterocycles. The van der Waals surface area contributed by atoms with Crippen LogP contribution in [-0.4, -0.2) is 29.3 Å². The zero-order chi connectivity index (χ0) is 17.5. The molecule has 0 radical (unpaired) electrons. The number of carbonyl (C=O) groups excluding carboxylic acids is 1. The van der Waals surface area contributed by atoms with Crippen LogP contribution in [0.15, 0.2) is 45.6 Å². The summed E-state index contributed by atoms with van der Waals surface area (Å²) in [5.74, 6) is 1.48. The molecular formula is C17H16N2O5S. The fourth-order valence-corrected chi connectivity index (χ4v) is 2.58. The summed E-state index contributed by atoms with van der Waals surface area (Å²) >= 11 is 1.54. The minimum absolute atomic E-state index is 0.0946. The van der Waals surface area contributed by atoms with Gasteiger partial charge in [0, 0.05) is 10.9 Å². The van der Waals surface area contributed by atoms with Crippen LogP contribution in [0.5, 0.6) is 11.5 Å². The molecule has 0 unspecified atom stereocenters. The summed E-state index contributed by atoms with van der Waals surface area (Å²) in [5, 5.41) is 7.67. The van der Waals surface area contributed by atoms with E-state index < -0.39 is 5.97 Å². The van der Waals surface area contributed by atoms with E-state index in [1.54, 1.807) is 24.3 Å². The van der Waals surface area contributed by atoms with Gasteiger partial charge in [-0.05, 0) is 42.6 Å². The van der Waals surface area contributed by atoms with E-state index in [-0.39, 0.29) is 19.1 Å². The van der Waals surface area contributed by atoms with Crippen molar-refractivity contribution < 1.29 is 23.5 Å². The van der Waals surface area contributed by atoms with Crippen LogP contribution < -0.4 is 9.47 Å². The van der Waals surface area contributed by atoms with Gasteiger partial charge in [0.1, 0.15) is 11.5 Å². The molecule has 0 amide bonds. The van der Waals surface area contributed by atoms with Gasteiger partial charge in [0.2, 0.25) is 5.82 Å². The van der Waals surface area contributed by atoms with Gasteiger partial charge in [0.25, 0.3) is 5.89 Å². The SMILES string of the molecule is CCOc1ccc(OCC(=O)OCc2nc(-c3ccsc3)no2)cc1. The molecule has 3 rings (SSSR count). The fourth-order valence-electron chi connectivity index (χ4n) is 1.95. The highest BCUT2D eigenvalue weighted by atomic mass is 32.1. The molecule has 3 aromatic rings. The van der Waals surface area contributed by atoms with Crippen molar-refractivity contribution in [1.82, 2.24) is 10.1 Å². The second kappa shape index (κ2) is 8.29. The molecule has 7 nitrogen and oxygen atoms in total. The summed E-state index contributed by atoms with van der Waals surface area (Å²) < 4.78 is 20.8. The minimum Gasteiger partial charge on any atom is -0.494 e. The van der Waals surface area contributed by atoms with Gasteiger partial charge >= 0.3 is 5.97 Å². The first-order valence-electron chi connectivity index (χ1n) is 7.61. The highest BCUT2D eigenvalue weighted by Gasteiger charge is 2.12. The lowest BCUT2D eigenvalue weighted by Gasteiger charge is -2.07. The van der Waals surface area contributed by atoms with Gasteiger partial charge in [-0.15, -0.1) is 0 Å². The van der Waals surface area contributed by atoms with Crippen molar-refractivity contribution in [1.29, 1.82) is 0 Å². The number of hydrogen-bond donors (Lipinski definition) is 0. The van der Waals surface area contributed by atoms with Gasteiger partial charge in [-0.2, -0.15) is 16.3 Å². The predicted molar refractivity (Wildman–Crippen MR) is 90.5 cm³/mol. The second-order valence-corrected chi connectivity index (χ2v) is 5.66. The highest BCUT2D eigenvalue weighted by Crippen LogP contribution is 2.19. The molecule has 0 aliphatic rings. The topological polar surface area (TPSA) is 83.7 Å². The third-order valence-electron chi connectivity index (χ3n) is 3.10. The summed E-state index contributed by atoms with van der Waals surface area (Å²) in [7, 11) is 0. The van der Waals surface area contributed by atoms with Crippen LogP contribution in [0.3, 0.4) is 0 Å². The van der Waals surface area contributed by atoms with Crippen LogP contribution in [0, 0.1) is 0 Å². The van der Waals surface area contributed by atoms with Gasteiger partial charge in [-0.25, -0.2) is 4.79 Å². The average molecular weight is 360 g/mol. The van der Waals surface area contributed by atoms with E-state index in [0.717, 1.165) is 11.3 Å². The normalized spacial score (nSPS) is 10.4. The molecule has 0 bridgehead atoms. The first-order valence-corrected chi connectivity index (χ1v) is 8.55. The molecule has 8 heteroatoms. The second-order valence-electron chi connectivity index (χ2n) is 4.88. The fraction of sp³-hybridized carbons (Fsp3) is 0.235. The van der Waals surface area contributed by atoms with E-state index in [1.165, 1.54) is 11.3 Å². The van der Waals surface area contributed by atoms with E-state index in [9.17, 15) is 4.79 Å². The Labute approximate surface area is 148 Å². The number of esters is 1. The molecule has 2 aromatic heterocycles. The molecule has 0 aliphatic carbocycles. The van der Waals surface area contributed by atoms with Crippen LogP contribution in [0.4, 0.5) is 0 Å². The molecule has 0 atom stereocenters. The number of benzene rings is 1. The molecule has 0 spiro atoms. The van der Waals surface area contributed by atoms with Crippen LogP contribution in [0.1, 0.15) is 12.8 Å². The maximum Gasteiger partial charge on any atom is 0.344 e. The molecule has 0 N–H and O–H groups in total. The van der Waals surface area contributed by atoms with E-state index in [1.807, 2.05) is 23.8 Å². The van der Waals surface area contributed by atoms with Gasteiger partial charge in [-0.1, -0.05) is 5.16 Å². The quantitative estimate of drug-likeness (QED) is 0.570. The van der Waals surface area contributed by atoms with Gasteiger partial charge in [0.05, 0.1) is 6.61 Å². The number of thiophene rings is 1. The van der Waals surface area contributed by atoms with E-state index in [0.29, 0.717) is 18.2 Å². The number of aromatic nitrogens is 2. The molecule has 0 saturated carbocycles. The van der Waals surface area contributed by atoms with Gasteiger partial charge < -0.3 is 18.7 Å². The number of ether oxygens (including phenoxy) is 3. The monoisotopic (exact) mass is 360 g/mol. The third-order valence-corrected chi connectivity index (χ3v) is 3.78. The largest absolute Gasteiger partial charge is 0.494 e. The summed E-state index contributed by atoms with van der Waals surface area (Å²) in [6, 6.07) is 8.88. The van der Waals surface area contributed by atoms with E-state index >= 15 is 0 Å². The van der Waals surface area contributed by atoms with Crippen molar-refractivity contribution in [3.05, 3.63) is 47.0 Å². The van der Waals surface area contributed by atoms with E-state index in [4.69, 9.17) is 18.7 Å². The molecule has 25 heavy (non-hydrogen) atoms. The number of hydrogen-bond acceptors (Lipinski definition) is 8. The van der Waals surface area contributed by atoms with Gasteiger partial charge in [-0.3, -0.25) is 0 Å². The Hall–Kier alpha value is -2.87. The van der Waals surface area contributed by atoms with Crippen molar-refractivity contribution in [2.75, 3.05) is 13.2 Å². The minimum atomic E-state index is -0.524. The lowest BCUT2D eigenvalue weighted by Crippen LogP contribution is -2.14. The summed E-state index contributed by atoms with van der Waals surface area (Å²) in [5.41, 5.74) is 0.866. The lowest BCUT2D eigenvalue weighted by atomic mass is 10.3. The zero-order valence-corrected chi connectivity index (χ0v) is 14.3. The highest BCUT2D eigenvalue weighted by molar-refractivity contribution is 7.08. The van der Waals surface area contributed by atoms with Crippen molar-refractivity contribution in [3.63, 3.8) is 0 Å². The zero-order valence-electron chi connectivity index (χ0n) is 13.5. The Morgan fingerprint density at radius 3 is 2.60 bits per heavy atom. The molecule has 1 aromatic carbocycles. The smallest absolute Gasteiger partial charge is 0.344 e. The first kappa shape index (κ1) is 17.0. The molecule has 0 fully saturated rings. The van der Waals surface area contributed by atoms with Crippen molar-refractivity contribution in [3.8, 4) is 22.9 Å². The van der Waals surface area contributed by atoms with Gasteiger partial charge in [0.15, 0.2) is 13.2 Å². The maximum atomic E-state index is 11.7.